The van der Waals surface area contributed by atoms with Crippen LogP contribution in [0.3, 0.4) is 0 Å². The van der Waals surface area contributed by atoms with E-state index in [9.17, 15) is 14.9 Å². The number of likely N-dealkylation sites (tertiary alicyclic amines) is 1. The molecule has 0 saturated carbocycles. The summed E-state index contributed by atoms with van der Waals surface area (Å²) in [6.07, 6.45) is 2.57. The molecule has 3 aromatic carbocycles. The van der Waals surface area contributed by atoms with E-state index in [-0.39, 0.29) is 17.8 Å². The summed E-state index contributed by atoms with van der Waals surface area (Å²) in [6, 6.07) is 17.4. The predicted molar refractivity (Wildman–Crippen MR) is 130 cm³/mol. The number of anilines is 1. The first kappa shape index (κ1) is 22.1. The summed E-state index contributed by atoms with van der Waals surface area (Å²) < 4.78 is 5.16. The standard InChI is InChI=1S/C28H27N3O3/c1-18-19(6-8-24-25(18)17-34-28(24)33)10-13-31-14-11-20(12-15-31)27(32)30-26-9-7-21(16-29)22-4-2-3-5-23(22)26/h2-9,20H,10-15,17H2,1H3,(H,30,32). The number of nitriles is 1. The van der Waals surface area contributed by atoms with Gasteiger partial charge in [0.2, 0.25) is 5.91 Å². The first-order valence-corrected chi connectivity index (χ1v) is 11.8. The minimum atomic E-state index is -0.223. The number of benzene rings is 3. The van der Waals surface area contributed by atoms with Crippen LogP contribution in [-0.4, -0.2) is 36.4 Å². The Balaban J connectivity index is 1.17. The van der Waals surface area contributed by atoms with Gasteiger partial charge in [0.25, 0.3) is 0 Å². The Labute approximate surface area is 199 Å². The van der Waals surface area contributed by atoms with Crippen LogP contribution in [-0.2, 0) is 22.6 Å². The molecule has 1 amide bonds. The lowest BCUT2D eigenvalue weighted by atomic mass is 9.94. The number of carbonyl (C=O) groups is 2. The van der Waals surface area contributed by atoms with Crippen molar-refractivity contribution in [3.05, 3.63) is 76.3 Å². The zero-order valence-electron chi connectivity index (χ0n) is 19.3. The van der Waals surface area contributed by atoms with Gasteiger partial charge in [-0.05, 0) is 68.6 Å². The van der Waals surface area contributed by atoms with Crippen molar-refractivity contribution >= 4 is 28.3 Å². The van der Waals surface area contributed by atoms with Gasteiger partial charge in [-0.1, -0.05) is 30.3 Å². The van der Waals surface area contributed by atoms with E-state index in [2.05, 4.69) is 23.2 Å². The van der Waals surface area contributed by atoms with Crippen LogP contribution in [0.1, 0.15) is 45.5 Å². The predicted octanol–water partition coefficient (Wildman–Crippen LogP) is 4.58. The lowest BCUT2D eigenvalue weighted by molar-refractivity contribution is -0.121. The van der Waals surface area contributed by atoms with Crippen molar-refractivity contribution in [3.8, 4) is 6.07 Å². The molecule has 1 fully saturated rings. The topological polar surface area (TPSA) is 82.4 Å². The van der Waals surface area contributed by atoms with Crippen molar-refractivity contribution in [3.63, 3.8) is 0 Å². The van der Waals surface area contributed by atoms with Crippen molar-refractivity contribution in [2.45, 2.75) is 32.8 Å². The summed E-state index contributed by atoms with van der Waals surface area (Å²) in [5, 5.41) is 14.2. The minimum absolute atomic E-state index is 0.0180. The number of nitrogens with one attached hydrogen (secondary N) is 1. The number of ether oxygens (including phenoxy) is 1. The molecule has 2 heterocycles. The molecule has 34 heavy (non-hydrogen) atoms. The van der Waals surface area contributed by atoms with Gasteiger partial charge in [-0.15, -0.1) is 0 Å². The van der Waals surface area contributed by atoms with E-state index < -0.39 is 0 Å². The molecule has 172 valence electrons. The normalized spacial score (nSPS) is 16.2. The lowest BCUT2D eigenvalue weighted by Crippen LogP contribution is -2.39. The molecule has 0 unspecified atom stereocenters. The summed E-state index contributed by atoms with van der Waals surface area (Å²) in [5.74, 6) is -0.191. The number of nitrogens with zero attached hydrogens (tertiary/aromatic N) is 2. The maximum Gasteiger partial charge on any atom is 0.338 e. The summed E-state index contributed by atoms with van der Waals surface area (Å²) in [5.41, 5.74) is 5.50. The fraction of sp³-hybridized carbons (Fsp3) is 0.321. The van der Waals surface area contributed by atoms with E-state index >= 15 is 0 Å². The van der Waals surface area contributed by atoms with Gasteiger partial charge in [-0.25, -0.2) is 4.79 Å². The Morgan fingerprint density at radius 2 is 1.88 bits per heavy atom. The molecule has 2 aliphatic heterocycles. The third-order valence-electron chi connectivity index (χ3n) is 7.24. The molecule has 1 saturated heterocycles. The Morgan fingerprint density at radius 3 is 2.65 bits per heavy atom. The lowest BCUT2D eigenvalue weighted by Gasteiger charge is -2.31. The number of rotatable bonds is 5. The number of amides is 1. The Hall–Kier alpha value is -3.69. The highest BCUT2D eigenvalue weighted by Crippen LogP contribution is 2.29. The highest BCUT2D eigenvalue weighted by molar-refractivity contribution is 6.04. The van der Waals surface area contributed by atoms with Crippen LogP contribution < -0.4 is 5.32 Å². The molecule has 0 atom stereocenters. The monoisotopic (exact) mass is 453 g/mol. The fourth-order valence-electron chi connectivity index (χ4n) is 5.11. The molecular formula is C28H27N3O3. The van der Waals surface area contributed by atoms with Gasteiger partial charge < -0.3 is 15.0 Å². The largest absolute Gasteiger partial charge is 0.457 e. The second kappa shape index (κ2) is 9.28. The SMILES string of the molecule is Cc1c(CCN2CCC(C(=O)Nc3ccc(C#N)c4ccccc34)CC2)ccc2c1COC2=O. The third kappa shape index (κ3) is 4.15. The smallest absolute Gasteiger partial charge is 0.338 e. The second-order valence-corrected chi connectivity index (χ2v) is 9.13. The summed E-state index contributed by atoms with van der Waals surface area (Å²) in [6.45, 7) is 5.15. The third-order valence-corrected chi connectivity index (χ3v) is 7.24. The zero-order valence-corrected chi connectivity index (χ0v) is 19.3. The number of hydrogen-bond acceptors (Lipinski definition) is 5. The molecule has 2 aliphatic rings. The summed E-state index contributed by atoms with van der Waals surface area (Å²) in [7, 11) is 0. The number of piperidine rings is 1. The maximum absolute atomic E-state index is 13.0. The van der Waals surface area contributed by atoms with Crippen LogP contribution in [0.25, 0.3) is 10.8 Å². The van der Waals surface area contributed by atoms with E-state index in [4.69, 9.17) is 4.74 Å². The number of esters is 1. The van der Waals surface area contributed by atoms with Crippen molar-refractivity contribution in [2.24, 2.45) is 5.92 Å². The van der Waals surface area contributed by atoms with Gasteiger partial charge in [0.1, 0.15) is 6.61 Å². The Bertz CT molecular complexity index is 1320. The second-order valence-electron chi connectivity index (χ2n) is 9.13. The molecule has 0 aromatic heterocycles. The van der Waals surface area contributed by atoms with E-state index in [0.29, 0.717) is 17.7 Å². The number of fused-ring (bicyclic) bond motifs is 2. The maximum atomic E-state index is 13.0. The quantitative estimate of drug-likeness (QED) is 0.572. The van der Waals surface area contributed by atoms with Gasteiger partial charge in [0.05, 0.1) is 17.2 Å². The van der Waals surface area contributed by atoms with Crippen LogP contribution in [0.15, 0.2) is 48.5 Å². The Kier molecular flexibility index (Phi) is 6.04. The number of hydrogen-bond donors (Lipinski definition) is 1. The van der Waals surface area contributed by atoms with Gasteiger partial charge in [-0.3, -0.25) is 4.79 Å². The molecule has 6 nitrogen and oxygen atoms in total. The summed E-state index contributed by atoms with van der Waals surface area (Å²) in [4.78, 5) is 27.2. The van der Waals surface area contributed by atoms with E-state index in [1.807, 2.05) is 42.5 Å². The van der Waals surface area contributed by atoms with E-state index in [1.165, 1.54) is 5.56 Å². The van der Waals surface area contributed by atoms with Crippen LogP contribution in [0.5, 0.6) is 0 Å². The van der Waals surface area contributed by atoms with Crippen molar-refractivity contribution in [2.75, 3.05) is 25.0 Å². The van der Waals surface area contributed by atoms with Crippen molar-refractivity contribution in [1.82, 2.24) is 4.90 Å². The van der Waals surface area contributed by atoms with Gasteiger partial charge in [0, 0.05) is 34.5 Å². The van der Waals surface area contributed by atoms with Crippen molar-refractivity contribution < 1.29 is 14.3 Å². The minimum Gasteiger partial charge on any atom is -0.457 e. The van der Waals surface area contributed by atoms with Crippen molar-refractivity contribution in [1.29, 1.82) is 5.26 Å². The van der Waals surface area contributed by atoms with Gasteiger partial charge in [-0.2, -0.15) is 5.26 Å². The van der Waals surface area contributed by atoms with Crippen LogP contribution >= 0.6 is 0 Å². The fourth-order valence-corrected chi connectivity index (χ4v) is 5.11. The van der Waals surface area contributed by atoms with Gasteiger partial charge in [0.15, 0.2) is 0 Å². The average molecular weight is 454 g/mol. The van der Waals surface area contributed by atoms with Crippen LogP contribution in [0, 0.1) is 24.2 Å². The molecule has 0 radical (unpaired) electrons. The van der Waals surface area contributed by atoms with Crippen LogP contribution in [0.4, 0.5) is 5.69 Å². The molecule has 0 spiro atoms. The molecule has 6 heteroatoms. The Morgan fingerprint density at radius 1 is 1.12 bits per heavy atom. The first-order valence-electron chi connectivity index (χ1n) is 11.8. The molecular weight excluding hydrogens is 426 g/mol. The number of cyclic esters (lactones) is 1. The molecule has 3 aromatic rings. The van der Waals surface area contributed by atoms with E-state index in [1.54, 1.807) is 6.07 Å². The zero-order chi connectivity index (χ0) is 23.7. The van der Waals surface area contributed by atoms with Gasteiger partial charge >= 0.3 is 5.97 Å². The van der Waals surface area contributed by atoms with E-state index in [0.717, 1.165) is 66.5 Å². The highest BCUT2D eigenvalue weighted by atomic mass is 16.5. The molecule has 5 rings (SSSR count). The molecule has 1 N–H and O–H groups in total. The summed E-state index contributed by atoms with van der Waals surface area (Å²) >= 11 is 0. The van der Waals surface area contributed by atoms with Crippen LogP contribution in [0.2, 0.25) is 0 Å². The molecule has 0 aliphatic carbocycles. The first-order chi connectivity index (χ1) is 16.5. The molecule has 0 bridgehead atoms. The average Bonchev–Trinajstić information content (AvgIpc) is 3.25. The number of carbonyl (C=O) groups excluding carboxylic acids is 2. The highest BCUT2D eigenvalue weighted by Gasteiger charge is 2.27.